The lowest BCUT2D eigenvalue weighted by Gasteiger charge is -2.35. The SMILES string of the molecule is NCCCC(=O)NCC(c1ccccc1)N1CCc2sccc2C1. The van der Waals surface area contributed by atoms with Crippen LogP contribution in [0.4, 0.5) is 0 Å². The highest BCUT2D eigenvalue weighted by Gasteiger charge is 2.25. The van der Waals surface area contributed by atoms with E-state index in [1.807, 2.05) is 17.4 Å². The number of carbonyl (C=O) groups excluding carboxylic acids is 1. The predicted octanol–water partition coefficient (Wildman–Crippen LogP) is 2.70. The fourth-order valence-electron chi connectivity index (χ4n) is 3.23. The van der Waals surface area contributed by atoms with Gasteiger partial charge in [-0.3, -0.25) is 9.69 Å². The van der Waals surface area contributed by atoms with Crippen LogP contribution in [0.15, 0.2) is 41.8 Å². The van der Waals surface area contributed by atoms with E-state index >= 15 is 0 Å². The molecule has 128 valence electrons. The molecule has 1 atom stereocenters. The van der Waals surface area contributed by atoms with Gasteiger partial charge in [-0.1, -0.05) is 30.3 Å². The minimum atomic E-state index is 0.0922. The van der Waals surface area contributed by atoms with Gasteiger partial charge >= 0.3 is 0 Å². The number of carbonyl (C=O) groups is 1. The molecular formula is C19H25N3OS. The second kappa shape index (κ2) is 8.42. The fraction of sp³-hybridized carbons (Fsp3) is 0.421. The maximum Gasteiger partial charge on any atom is 0.220 e. The molecule has 2 heterocycles. The average Bonchev–Trinajstić information content (AvgIpc) is 3.09. The molecule has 4 nitrogen and oxygen atoms in total. The maximum atomic E-state index is 12.0. The van der Waals surface area contributed by atoms with Gasteiger partial charge in [-0.15, -0.1) is 11.3 Å². The zero-order valence-corrected chi connectivity index (χ0v) is 14.7. The number of benzene rings is 1. The van der Waals surface area contributed by atoms with Crippen LogP contribution in [0.1, 0.15) is 34.9 Å². The van der Waals surface area contributed by atoms with Gasteiger partial charge in [0.25, 0.3) is 0 Å². The molecule has 3 rings (SSSR count). The summed E-state index contributed by atoms with van der Waals surface area (Å²) in [6.45, 7) is 3.19. The van der Waals surface area contributed by atoms with E-state index in [0.717, 1.165) is 25.9 Å². The molecule has 1 unspecified atom stereocenters. The van der Waals surface area contributed by atoms with Gasteiger partial charge < -0.3 is 11.1 Å². The van der Waals surface area contributed by atoms with E-state index in [9.17, 15) is 4.79 Å². The molecule has 0 fully saturated rings. The van der Waals surface area contributed by atoms with Crippen LogP contribution in [0, 0.1) is 0 Å². The Kier molecular flexibility index (Phi) is 6.01. The quantitative estimate of drug-likeness (QED) is 0.813. The van der Waals surface area contributed by atoms with Crippen molar-refractivity contribution >= 4 is 17.2 Å². The number of thiophene rings is 1. The Labute approximate surface area is 147 Å². The molecule has 0 saturated carbocycles. The standard InChI is InChI=1S/C19H25N3OS/c20-10-4-7-19(23)21-13-17(15-5-2-1-3-6-15)22-11-8-18-16(14-22)9-12-24-18/h1-3,5-6,9,12,17H,4,7-8,10-11,13-14,20H2,(H,21,23). The van der Waals surface area contributed by atoms with E-state index in [4.69, 9.17) is 5.73 Å². The summed E-state index contributed by atoms with van der Waals surface area (Å²) < 4.78 is 0. The molecule has 1 aliphatic heterocycles. The van der Waals surface area contributed by atoms with Gasteiger partial charge in [0.15, 0.2) is 0 Å². The van der Waals surface area contributed by atoms with Crippen molar-refractivity contribution in [3.8, 4) is 0 Å². The van der Waals surface area contributed by atoms with Crippen LogP contribution >= 0.6 is 11.3 Å². The van der Waals surface area contributed by atoms with Crippen molar-refractivity contribution in [2.45, 2.75) is 31.8 Å². The second-order valence-corrected chi connectivity index (χ2v) is 7.21. The van der Waals surface area contributed by atoms with Crippen molar-refractivity contribution in [1.82, 2.24) is 10.2 Å². The highest BCUT2D eigenvalue weighted by molar-refractivity contribution is 7.10. The number of nitrogens with one attached hydrogen (secondary N) is 1. The minimum Gasteiger partial charge on any atom is -0.354 e. The third-order valence-electron chi connectivity index (χ3n) is 4.56. The molecule has 24 heavy (non-hydrogen) atoms. The first-order valence-electron chi connectivity index (χ1n) is 8.59. The first kappa shape index (κ1) is 17.1. The summed E-state index contributed by atoms with van der Waals surface area (Å²) in [4.78, 5) is 16.0. The molecule has 0 saturated heterocycles. The number of hydrogen-bond donors (Lipinski definition) is 2. The monoisotopic (exact) mass is 343 g/mol. The number of nitrogens with zero attached hydrogens (tertiary/aromatic N) is 1. The van der Waals surface area contributed by atoms with E-state index in [1.54, 1.807) is 0 Å². The van der Waals surface area contributed by atoms with Crippen molar-refractivity contribution in [3.05, 3.63) is 57.8 Å². The topological polar surface area (TPSA) is 58.4 Å². The lowest BCUT2D eigenvalue weighted by molar-refractivity contribution is -0.121. The Morgan fingerprint density at radius 1 is 1.29 bits per heavy atom. The van der Waals surface area contributed by atoms with E-state index < -0.39 is 0 Å². The van der Waals surface area contributed by atoms with Gasteiger partial charge in [0, 0.05) is 30.9 Å². The Hall–Kier alpha value is -1.69. The van der Waals surface area contributed by atoms with E-state index in [2.05, 4.69) is 45.9 Å². The summed E-state index contributed by atoms with van der Waals surface area (Å²) in [7, 11) is 0. The van der Waals surface area contributed by atoms with Gasteiger partial charge in [-0.2, -0.15) is 0 Å². The first-order chi connectivity index (χ1) is 11.8. The summed E-state index contributed by atoms with van der Waals surface area (Å²) in [6, 6.07) is 12.9. The molecule has 2 aromatic rings. The van der Waals surface area contributed by atoms with Crippen molar-refractivity contribution in [1.29, 1.82) is 0 Å². The summed E-state index contributed by atoms with van der Waals surface area (Å²) in [5, 5.41) is 5.28. The van der Waals surface area contributed by atoms with Crippen molar-refractivity contribution in [2.75, 3.05) is 19.6 Å². The Balaban J connectivity index is 1.70. The van der Waals surface area contributed by atoms with Gasteiger partial charge in [0.1, 0.15) is 0 Å². The first-order valence-corrected chi connectivity index (χ1v) is 9.47. The van der Waals surface area contributed by atoms with Gasteiger partial charge in [0.05, 0.1) is 6.04 Å². The number of nitrogens with two attached hydrogens (primary N) is 1. The normalized spacial score (nSPS) is 15.7. The number of fused-ring (bicyclic) bond motifs is 1. The van der Waals surface area contributed by atoms with Gasteiger partial charge in [0.2, 0.25) is 5.91 Å². The molecule has 0 spiro atoms. The Bertz CT molecular complexity index is 656. The highest BCUT2D eigenvalue weighted by atomic mass is 32.1. The zero-order valence-electron chi connectivity index (χ0n) is 13.9. The van der Waals surface area contributed by atoms with Gasteiger partial charge in [-0.25, -0.2) is 0 Å². The Morgan fingerprint density at radius 3 is 2.92 bits per heavy atom. The largest absolute Gasteiger partial charge is 0.354 e. The molecule has 0 radical (unpaired) electrons. The van der Waals surface area contributed by atoms with Crippen LogP contribution in [0.25, 0.3) is 0 Å². The maximum absolute atomic E-state index is 12.0. The molecule has 0 bridgehead atoms. The summed E-state index contributed by atoms with van der Waals surface area (Å²) in [5.41, 5.74) is 8.18. The third-order valence-corrected chi connectivity index (χ3v) is 5.59. The third kappa shape index (κ3) is 4.23. The van der Waals surface area contributed by atoms with Crippen molar-refractivity contribution in [3.63, 3.8) is 0 Å². The van der Waals surface area contributed by atoms with Crippen LogP contribution in [-0.2, 0) is 17.8 Å². The lowest BCUT2D eigenvalue weighted by Crippen LogP contribution is -2.40. The zero-order chi connectivity index (χ0) is 16.8. The van der Waals surface area contributed by atoms with Crippen LogP contribution < -0.4 is 11.1 Å². The molecule has 3 N–H and O–H groups in total. The van der Waals surface area contributed by atoms with Crippen LogP contribution in [0.3, 0.4) is 0 Å². The number of rotatable bonds is 7. The minimum absolute atomic E-state index is 0.0922. The highest BCUT2D eigenvalue weighted by Crippen LogP contribution is 2.30. The van der Waals surface area contributed by atoms with Crippen LogP contribution in [0.5, 0.6) is 0 Å². The summed E-state index contributed by atoms with van der Waals surface area (Å²) in [6.07, 6.45) is 2.34. The molecule has 1 aromatic carbocycles. The van der Waals surface area contributed by atoms with Crippen LogP contribution in [0.2, 0.25) is 0 Å². The molecular weight excluding hydrogens is 318 g/mol. The summed E-state index contributed by atoms with van der Waals surface area (Å²) >= 11 is 1.85. The van der Waals surface area contributed by atoms with Crippen molar-refractivity contribution in [2.24, 2.45) is 5.73 Å². The van der Waals surface area contributed by atoms with Gasteiger partial charge in [-0.05, 0) is 42.0 Å². The molecule has 5 heteroatoms. The number of amides is 1. The van der Waals surface area contributed by atoms with E-state index in [1.165, 1.54) is 16.0 Å². The molecule has 1 amide bonds. The van der Waals surface area contributed by atoms with Crippen LogP contribution in [-0.4, -0.2) is 30.4 Å². The molecule has 1 aromatic heterocycles. The summed E-state index contributed by atoms with van der Waals surface area (Å²) in [5.74, 6) is 0.0922. The fourth-order valence-corrected chi connectivity index (χ4v) is 4.12. The molecule has 1 aliphatic rings. The smallest absolute Gasteiger partial charge is 0.220 e. The second-order valence-electron chi connectivity index (χ2n) is 6.21. The van der Waals surface area contributed by atoms with E-state index in [-0.39, 0.29) is 11.9 Å². The number of hydrogen-bond acceptors (Lipinski definition) is 4. The Morgan fingerprint density at radius 2 is 2.12 bits per heavy atom. The lowest BCUT2D eigenvalue weighted by atomic mass is 10.0. The van der Waals surface area contributed by atoms with E-state index in [0.29, 0.717) is 19.5 Å². The molecule has 0 aliphatic carbocycles. The predicted molar refractivity (Wildman–Crippen MR) is 98.9 cm³/mol. The van der Waals surface area contributed by atoms with Crippen molar-refractivity contribution < 1.29 is 4.79 Å². The average molecular weight is 343 g/mol.